The summed E-state index contributed by atoms with van der Waals surface area (Å²) in [5.74, 6) is -0.276. The molecule has 0 bridgehead atoms. The van der Waals surface area contributed by atoms with Crippen molar-refractivity contribution < 1.29 is 4.39 Å². The Labute approximate surface area is 107 Å². The van der Waals surface area contributed by atoms with Crippen molar-refractivity contribution in [3.63, 3.8) is 0 Å². The Bertz CT molecular complexity index is 452. The number of nitrogen functional groups attached to an aromatic ring is 1. The lowest BCUT2D eigenvalue weighted by Gasteiger charge is -1.96. The molecule has 96 valence electrons. The molecule has 0 amide bonds. The maximum absolute atomic E-state index is 13.3. The third-order valence-corrected chi connectivity index (χ3v) is 2.76. The van der Waals surface area contributed by atoms with Gasteiger partial charge in [0.05, 0.1) is 4.70 Å². The second-order valence-corrected chi connectivity index (χ2v) is 3.89. The van der Waals surface area contributed by atoms with Gasteiger partial charge in [0.15, 0.2) is 10.9 Å². The summed E-state index contributed by atoms with van der Waals surface area (Å²) in [4.78, 5) is 3.91. The predicted molar refractivity (Wildman–Crippen MR) is 76.1 cm³/mol. The third kappa shape index (κ3) is 3.97. The second kappa shape index (κ2) is 8.01. The van der Waals surface area contributed by atoms with Crippen molar-refractivity contribution in [2.45, 2.75) is 41.0 Å². The molecule has 0 saturated carbocycles. The third-order valence-electron chi connectivity index (χ3n) is 1.93. The van der Waals surface area contributed by atoms with E-state index in [1.54, 1.807) is 0 Å². The number of rotatable bonds is 1. The molecule has 1 aromatic carbocycles. The number of hydrogen-bond acceptors (Lipinski definition) is 3. The van der Waals surface area contributed by atoms with E-state index in [1.165, 1.54) is 17.4 Å². The number of nitrogens with zero attached hydrogens (tertiary/aromatic N) is 1. The van der Waals surface area contributed by atoms with Crippen molar-refractivity contribution in [2.75, 3.05) is 5.73 Å². The van der Waals surface area contributed by atoms with E-state index >= 15 is 0 Å². The Hall–Kier alpha value is -1.16. The summed E-state index contributed by atoms with van der Waals surface area (Å²) in [5, 5.41) is 0.419. The lowest BCUT2D eigenvalue weighted by molar-refractivity contribution is 0.635. The van der Waals surface area contributed by atoms with E-state index in [9.17, 15) is 4.39 Å². The standard InChI is InChI=1S/C9H9FN2S.2C2H6/c1-2-5-3-6(10)8-7(4-5)13-9(11)12-8;2*1-2/h3-4H,2H2,1H3,(H2,11,12);2*1-2H3. The van der Waals surface area contributed by atoms with Crippen molar-refractivity contribution in [3.8, 4) is 0 Å². The van der Waals surface area contributed by atoms with Crippen LogP contribution in [0, 0.1) is 5.82 Å². The quantitative estimate of drug-likeness (QED) is 0.807. The lowest BCUT2D eigenvalue weighted by atomic mass is 10.1. The van der Waals surface area contributed by atoms with E-state index < -0.39 is 0 Å². The SMILES string of the molecule is CC.CC.CCc1cc(F)c2nc(N)sc2c1. The molecule has 0 saturated heterocycles. The van der Waals surface area contributed by atoms with Crippen molar-refractivity contribution in [2.24, 2.45) is 0 Å². The predicted octanol–water partition coefficient (Wildman–Crippen LogP) is 4.63. The first-order valence-electron chi connectivity index (χ1n) is 6.05. The molecule has 0 atom stereocenters. The molecule has 2 rings (SSSR count). The summed E-state index contributed by atoms with van der Waals surface area (Å²) in [6.07, 6.45) is 0.824. The van der Waals surface area contributed by atoms with Crippen LogP contribution in [0.5, 0.6) is 0 Å². The topological polar surface area (TPSA) is 38.9 Å². The van der Waals surface area contributed by atoms with E-state index in [-0.39, 0.29) is 5.82 Å². The van der Waals surface area contributed by atoms with Crippen LogP contribution in [0.4, 0.5) is 9.52 Å². The molecule has 2 aromatic rings. The molecule has 1 heterocycles. The van der Waals surface area contributed by atoms with Crippen LogP contribution in [0.2, 0.25) is 0 Å². The van der Waals surface area contributed by atoms with Crippen LogP contribution < -0.4 is 5.73 Å². The average molecular weight is 256 g/mol. The summed E-state index contributed by atoms with van der Waals surface area (Å²) >= 11 is 1.32. The zero-order valence-corrected chi connectivity index (χ0v) is 12.0. The van der Waals surface area contributed by atoms with Gasteiger partial charge in [0, 0.05) is 0 Å². The molecule has 2 N–H and O–H groups in total. The number of aromatic nitrogens is 1. The number of aryl methyl sites for hydroxylation is 1. The van der Waals surface area contributed by atoms with Crippen LogP contribution in [0.3, 0.4) is 0 Å². The van der Waals surface area contributed by atoms with Crippen LogP contribution in [0.1, 0.15) is 40.2 Å². The van der Waals surface area contributed by atoms with Crippen LogP contribution in [-0.4, -0.2) is 4.98 Å². The summed E-state index contributed by atoms with van der Waals surface area (Å²) in [6.45, 7) is 9.99. The molecule has 0 spiro atoms. The molecule has 4 heteroatoms. The highest BCUT2D eigenvalue weighted by atomic mass is 32.1. The fourth-order valence-electron chi connectivity index (χ4n) is 1.26. The normalized spacial score (nSPS) is 9.06. The van der Waals surface area contributed by atoms with Gasteiger partial charge in [-0.3, -0.25) is 0 Å². The van der Waals surface area contributed by atoms with Gasteiger partial charge in [-0.2, -0.15) is 0 Å². The number of hydrogen-bond donors (Lipinski definition) is 1. The molecule has 0 aliphatic rings. The number of halogens is 1. The molecule has 2 nitrogen and oxygen atoms in total. The molecular weight excluding hydrogens is 235 g/mol. The maximum atomic E-state index is 13.3. The summed E-state index contributed by atoms with van der Waals surface area (Å²) < 4.78 is 14.2. The number of benzene rings is 1. The van der Waals surface area contributed by atoms with Gasteiger partial charge < -0.3 is 5.73 Å². The van der Waals surface area contributed by atoms with E-state index in [1.807, 2.05) is 40.7 Å². The minimum Gasteiger partial charge on any atom is -0.375 e. The molecular formula is C13H21FN2S. The zero-order valence-electron chi connectivity index (χ0n) is 11.2. The molecule has 0 aliphatic carbocycles. The van der Waals surface area contributed by atoms with Gasteiger partial charge in [0.1, 0.15) is 5.52 Å². The highest BCUT2D eigenvalue weighted by molar-refractivity contribution is 7.22. The highest BCUT2D eigenvalue weighted by Gasteiger charge is 2.07. The first kappa shape index (κ1) is 15.8. The zero-order chi connectivity index (χ0) is 13.4. The molecule has 0 aliphatic heterocycles. The first-order valence-corrected chi connectivity index (χ1v) is 6.86. The molecule has 0 fully saturated rings. The minimum atomic E-state index is -0.276. The Morgan fingerprint density at radius 3 is 2.35 bits per heavy atom. The van der Waals surface area contributed by atoms with Crippen LogP contribution in [0.25, 0.3) is 10.2 Å². The second-order valence-electron chi connectivity index (χ2n) is 2.83. The number of nitrogens with two attached hydrogens (primary N) is 1. The van der Waals surface area contributed by atoms with E-state index in [2.05, 4.69) is 4.98 Å². The molecule has 0 unspecified atom stereocenters. The van der Waals surface area contributed by atoms with Crippen LogP contribution in [-0.2, 0) is 6.42 Å². The Morgan fingerprint density at radius 2 is 1.82 bits per heavy atom. The van der Waals surface area contributed by atoms with Crippen LogP contribution in [0.15, 0.2) is 12.1 Å². The molecule has 0 radical (unpaired) electrons. The van der Waals surface area contributed by atoms with Crippen molar-refractivity contribution in [1.82, 2.24) is 4.98 Å². The van der Waals surface area contributed by atoms with Crippen LogP contribution >= 0.6 is 11.3 Å². The minimum absolute atomic E-state index is 0.276. The highest BCUT2D eigenvalue weighted by Crippen LogP contribution is 2.27. The largest absolute Gasteiger partial charge is 0.375 e. The van der Waals surface area contributed by atoms with Gasteiger partial charge in [-0.05, 0) is 24.1 Å². The van der Waals surface area contributed by atoms with Crippen molar-refractivity contribution in [1.29, 1.82) is 0 Å². The van der Waals surface area contributed by atoms with Gasteiger partial charge >= 0.3 is 0 Å². The monoisotopic (exact) mass is 256 g/mol. The molecule has 1 aromatic heterocycles. The van der Waals surface area contributed by atoms with Crippen molar-refractivity contribution in [3.05, 3.63) is 23.5 Å². The smallest absolute Gasteiger partial charge is 0.181 e. The van der Waals surface area contributed by atoms with E-state index in [0.29, 0.717) is 10.6 Å². The number of thiazole rings is 1. The van der Waals surface area contributed by atoms with E-state index in [0.717, 1.165) is 16.7 Å². The fourth-order valence-corrected chi connectivity index (χ4v) is 2.08. The Morgan fingerprint density at radius 1 is 1.24 bits per heavy atom. The number of anilines is 1. The van der Waals surface area contributed by atoms with Gasteiger partial charge in [0.25, 0.3) is 0 Å². The number of fused-ring (bicyclic) bond motifs is 1. The first-order chi connectivity index (χ1) is 8.20. The Kier molecular flexibility index (Phi) is 7.46. The fraction of sp³-hybridized carbons (Fsp3) is 0.462. The lowest BCUT2D eigenvalue weighted by Crippen LogP contribution is -1.85. The van der Waals surface area contributed by atoms with Crippen molar-refractivity contribution >= 4 is 26.7 Å². The summed E-state index contributed by atoms with van der Waals surface area (Å²) in [6, 6.07) is 3.45. The van der Waals surface area contributed by atoms with E-state index in [4.69, 9.17) is 5.73 Å². The average Bonchev–Trinajstić information content (AvgIpc) is 2.75. The summed E-state index contributed by atoms with van der Waals surface area (Å²) in [5.41, 5.74) is 6.86. The van der Waals surface area contributed by atoms with Gasteiger partial charge in [-0.1, -0.05) is 46.0 Å². The Balaban J connectivity index is 0.000000581. The summed E-state index contributed by atoms with van der Waals surface area (Å²) in [7, 11) is 0. The van der Waals surface area contributed by atoms with Gasteiger partial charge in [0.2, 0.25) is 0 Å². The molecule has 17 heavy (non-hydrogen) atoms. The van der Waals surface area contributed by atoms with Gasteiger partial charge in [-0.25, -0.2) is 9.37 Å². The van der Waals surface area contributed by atoms with Gasteiger partial charge in [-0.15, -0.1) is 0 Å². The maximum Gasteiger partial charge on any atom is 0.181 e.